The van der Waals surface area contributed by atoms with Gasteiger partial charge in [0.15, 0.2) is 0 Å². The summed E-state index contributed by atoms with van der Waals surface area (Å²) < 4.78 is 2.23. The van der Waals surface area contributed by atoms with E-state index < -0.39 is 0 Å². The van der Waals surface area contributed by atoms with Crippen LogP contribution in [0.1, 0.15) is 31.0 Å². The lowest BCUT2D eigenvalue weighted by Crippen LogP contribution is -2.21. The molecule has 0 saturated heterocycles. The van der Waals surface area contributed by atoms with Crippen LogP contribution in [0.25, 0.3) is 0 Å². The molecule has 0 bridgehead atoms. The summed E-state index contributed by atoms with van der Waals surface area (Å²) in [4.78, 5) is 5.92. The van der Waals surface area contributed by atoms with Crippen molar-refractivity contribution in [3.63, 3.8) is 0 Å². The maximum atomic E-state index is 4.48. The highest BCUT2D eigenvalue weighted by Crippen LogP contribution is 2.39. The first-order valence-corrected chi connectivity index (χ1v) is 8.16. The Labute approximate surface area is 124 Å². The van der Waals surface area contributed by atoms with E-state index in [2.05, 4.69) is 59.2 Å². The minimum absolute atomic E-state index is 0.498. The van der Waals surface area contributed by atoms with Gasteiger partial charge in [0, 0.05) is 41.9 Å². The van der Waals surface area contributed by atoms with Crippen LogP contribution >= 0.6 is 11.8 Å². The molecule has 1 unspecified atom stereocenters. The number of hydrogen-bond acceptors (Lipinski definition) is 3. The first-order chi connectivity index (χ1) is 9.72. The van der Waals surface area contributed by atoms with Gasteiger partial charge < -0.3 is 9.88 Å². The van der Waals surface area contributed by atoms with E-state index >= 15 is 0 Å². The predicted molar refractivity (Wildman–Crippen MR) is 84.1 cm³/mol. The van der Waals surface area contributed by atoms with Crippen LogP contribution in [0.4, 0.5) is 0 Å². The maximum absolute atomic E-state index is 4.48. The van der Waals surface area contributed by atoms with Crippen LogP contribution in [0.15, 0.2) is 41.7 Å². The molecule has 106 valence electrons. The summed E-state index contributed by atoms with van der Waals surface area (Å²) in [5, 5.41) is 3.40. The number of hydrogen-bond donors (Lipinski definition) is 1. The molecule has 0 saturated carbocycles. The Kier molecular flexibility index (Phi) is 4.13. The molecule has 3 rings (SSSR count). The Balaban J connectivity index is 1.64. The second-order valence-electron chi connectivity index (χ2n) is 5.64. The second-order valence-corrected chi connectivity index (χ2v) is 6.70. The van der Waals surface area contributed by atoms with Crippen LogP contribution < -0.4 is 5.32 Å². The van der Waals surface area contributed by atoms with Crippen LogP contribution in [-0.4, -0.2) is 21.3 Å². The van der Waals surface area contributed by atoms with E-state index in [-0.39, 0.29) is 0 Å². The second kappa shape index (κ2) is 6.02. The van der Waals surface area contributed by atoms with Gasteiger partial charge >= 0.3 is 0 Å². The average molecular weight is 287 g/mol. The van der Waals surface area contributed by atoms with Gasteiger partial charge in [-0.15, -0.1) is 11.8 Å². The van der Waals surface area contributed by atoms with Crippen LogP contribution in [0.3, 0.4) is 0 Å². The number of rotatable bonds is 5. The van der Waals surface area contributed by atoms with E-state index in [1.54, 1.807) is 0 Å². The largest absolute Gasteiger partial charge is 0.337 e. The highest BCUT2D eigenvalue weighted by atomic mass is 32.2. The normalized spacial score (nSPS) is 17.6. The average Bonchev–Trinajstić information content (AvgIpc) is 3.05. The molecule has 0 fully saturated rings. The van der Waals surface area contributed by atoms with E-state index in [1.165, 1.54) is 16.2 Å². The van der Waals surface area contributed by atoms with E-state index in [0.29, 0.717) is 12.0 Å². The van der Waals surface area contributed by atoms with E-state index in [0.717, 1.165) is 18.8 Å². The van der Waals surface area contributed by atoms with Crippen LogP contribution in [0.2, 0.25) is 0 Å². The van der Waals surface area contributed by atoms with Crippen molar-refractivity contribution in [1.29, 1.82) is 0 Å². The number of nitrogens with one attached hydrogen (secondary N) is 1. The first-order valence-electron chi connectivity index (χ1n) is 7.18. The molecule has 0 amide bonds. The van der Waals surface area contributed by atoms with E-state index in [4.69, 9.17) is 0 Å². The molecular formula is C16H21N3S. The first kappa shape index (κ1) is 13.7. The summed E-state index contributed by atoms with van der Waals surface area (Å²) >= 11 is 1.97. The Bertz CT molecular complexity index is 577. The van der Waals surface area contributed by atoms with Gasteiger partial charge in [0.1, 0.15) is 0 Å². The third-order valence-corrected chi connectivity index (χ3v) is 4.86. The standard InChI is InChI=1S/C16H21N3S/c1-12(2)17-7-14-9-19(11-18-14)8-13-10-20-16-6-4-3-5-15(13)16/h3-6,9,11-13,17H,7-8,10H2,1-2H3. The lowest BCUT2D eigenvalue weighted by molar-refractivity contribution is 0.579. The number of aromatic nitrogens is 2. The fourth-order valence-electron chi connectivity index (χ4n) is 2.54. The Hall–Kier alpha value is -1.26. The number of fused-ring (bicyclic) bond motifs is 1. The molecule has 1 N–H and O–H groups in total. The lowest BCUT2D eigenvalue weighted by Gasteiger charge is -2.11. The minimum Gasteiger partial charge on any atom is -0.337 e. The molecule has 1 aliphatic rings. The summed E-state index contributed by atoms with van der Waals surface area (Å²) in [5.74, 6) is 1.79. The molecule has 0 spiro atoms. The van der Waals surface area contributed by atoms with Crippen molar-refractivity contribution in [2.75, 3.05) is 5.75 Å². The number of thioether (sulfide) groups is 1. The van der Waals surface area contributed by atoms with Crippen molar-refractivity contribution in [3.05, 3.63) is 48.0 Å². The third kappa shape index (κ3) is 3.07. The molecule has 1 aromatic carbocycles. The zero-order valence-corrected chi connectivity index (χ0v) is 12.9. The van der Waals surface area contributed by atoms with Crippen LogP contribution in [0, 0.1) is 0 Å². The predicted octanol–water partition coefficient (Wildman–Crippen LogP) is 3.27. The lowest BCUT2D eigenvalue weighted by atomic mass is 10.0. The zero-order valence-electron chi connectivity index (χ0n) is 12.0. The molecule has 1 atom stereocenters. The molecule has 2 heterocycles. The van der Waals surface area contributed by atoms with Crippen molar-refractivity contribution < 1.29 is 0 Å². The highest BCUT2D eigenvalue weighted by molar-refractivity contribution is 7.99. The summed E-state index contributed by atoms with van der Waals surface area (Å²) in [6.07, 6.45) is 4.13. The van der Waals surface area contributed by atoms with Gasteiger partial charge in [0.05, 0.1) is 12.0 Å². The number of imidazole rings is 1. The molecule has 0 aliphatic carbocycles. The maximum Gasteiger partial charge on any atom is 0.0950 e. The van der Waals surface area contributed by atoms with Crippen molar-refractivity contribution in [3.8, 4) is 0 Å². The molecule has 1 aliphatic heterocycles. The summed E-state index contributed by atoms with van der Waals surface area (Å²) in [6.45, 7) is 6.19. The zero-order chi connectivity index (χ0) is 13.9. The van der Waals surface area contributed by atoms with Crippen molar-refractivity contribution in [2.45, 2.75) is 43.8 Å². The fourth-order valence-corrected chi connectivity index (χ4v) is 3.78. The Morgan fingerprint density at radius 3 is 3.10 bits per heavy atom. The fraction of sp³-hybridized carbons (Fsp3) is 0.438. The topological polar surface area (TPSA) is 29.9 Å². The van der Waals surface area contributed by atoms with Gasteiger partial charge in [-0.05, 0) is 11.6 Å². The van der Waals surface area contributed by atoms with Crippen molar-refractivity contribution in [2.24, 2.45) is 0 Å². The Morgan fingerprint density at radius 1 is 1.40 bits per heavy atom. The smallest absolute Gasteiger partial charge is 0.0950 e. The number of benzene rings is 1. The molecule has 20 heavy (non-hydrogen) atoms. The quantitative estimate of drug-likeness (QED) is 0.915. The highest BCUT2D eigenvalue weighted by Gasteiger charge is 2.22. The molecule has 1 aromatic heterocycles. The van der Waals surface area contributed by atoms with E-state index in [9.17, 15) is 0 Å². The Morgan fingerprint density at radius 2 is 2.25 bits per heavy atom. The summed E-state index contributed by atoms with van der Waals surface area (Å²) in [5.41, 5.74) is 2.62. The molecule has 4 heteroatoms. The van der Waals surface area contributed by atoms with Crippen molar-refractivity contribution in [1.82, 2.24) is 14.9 Å². The van der Waals surface area contributed by atoms with Crippen LogP contribution in [0.5, 0.6) is 0 Å². The number of nitrogens with zero attached hydrogens (tertiary/aromatic N) is 2. The van der Waals surface area contributed by atoms with E-state index in [1.807, 2.05) is 18.1 Å². The summed E-state index contributed by atoms with van der Waals surface area (Å²) in [6, 6.07) is 9.26. The van der Waals surface area contributed by atoms with Crippen LogP contribution in [-0.2, 0) is 13.1 Å². The monoisotopic (exact) mass is 287 g/mol. The van der Waals surface area contributed by atoms with Gasteiger partial charge in [-0.1, -0.05) is 32.0 Å². The van der Waals surface area contributed by atoms with Gasteiger partial charge in [0.2, 0.25) is 0 Å². The minimum atomic E-state index is 0.498. The third-order valence-electron chi connectivity index (χ3n) is 3.61. The molecule has 2 aromatic rings. The summed E-state index contributed by atoms with van der Waals surface area (Å²) in [7, 11) is 0. The van der Waals surface area contributed by atoms with Gasteiger partial charge in [-0.2, -0.15) is 0 Å². The van der Waals surface area contributed by atoms with Gasteiger partial charge in [-0.3, -0.25) is 0 Å². The van der Waals surface area contributed by atoms with Gasteiger partial charge in [0.25, 0.3) is 0 Å². The SMILES string of the molecule is CC(C)NCc1cn(CC2CSc3ccccc32)cn1. The molecular weight excluding hydrogens is 266 g/mol. The molecule has 0 radical (unpaired) electrons. The molecule has 3 nitrogen and oxygen atoms in total. The van der Waals surface area contributed by atoms with Crippen molar-refractivity contribution >= 4 is 11.8 Å². The van der Waals surface area contributed by atoms with Gasteiger partial charge in [-0.25, -0.2) is 4.98 Å².